The van der Waals surface area contributed by atoms with E-state index in [0.717, 1.165) is 27.9 Å². The Morgan fingerprint density at radius 3 is 2.56 bits per heavy atom. The highest BCUT2D eigenvalue weighted by Crippen LogP contribution is 2.28. The number of rotatable bonds is 11. The van der Waals surface area contributed by atoms with Crippen LogP contribution in [-0.4, -0.2) is 72.2 Å². The van der Waals surface area contributed by atoms with Crippen LogP contribution in [0.3, 0.4) is 0 Å². The monoisotopic (exact) mass is 536 g/mol. The summed E-state index contributed by atoms with van der Waals surface area (Å²) < 4.78 is 18.9. The van der Waals surface area contributed by atoms with Crippen molar-refractivity contribution in [3.05, 3.63) is 64.8 Å². The van der Waals surface area contributed by atoms with Crippen molar-refractivity contribution in [3.63, 3.8) is 0 Å². The largest absolute Gasteiger partial charge is 0.353 e. The second-order valence-corrected chi connectivity index (χ2v) is 10.4. The lowest BCUT2D eigenvalue weighted by molar-refractivity contribution is -0.130. The first-order valence-corrected chi connectivity index (χ1v) is 13.3. The highest BCUT2D eigenvalue weighted by Gasteiger charge is 2.29. The minimum absolute atomic E-state index is 0.00490. The number of nitrogens with zero attached hydrogens (tertiary/aromatic N) is 4. The summed E-state index contributed by atoms with van der Waals surface area (Å²) in [6.45, 7) is 8.90. The van der Waals surface area contributed by atoms with E-state index in [1.807, 2.05) is 39.0 Å². The normalized spacial score (nSPS) is 14.4. The third-order valence-electron chi connectivity index (χ3n) is 7.02. The molecule has 1 aliphatic carbocycles. The second-order valence-electron chi connectivity index (χ2n) is 10.4. The van der Waals surface area contributed by atoms with Gasteiger partial charge in [-0.1, -0.05) is 37.2 Å². The molecule has 1 aromatic heterocycles. The number of carbonyl (C=O) groups excluding carboxylic acids is 2. The summed E-state index contributed by atoms with van der Waals surface area (Å²) in [4.78, 5) is 34.3. The highest BCUT2D eigenvalue weighted by molar-refractivity contribution is 5.87. The van der Waals surface area contributed by atoms with Gasteiger partial charge in [0.2, 0.25) is 23.5 Å². The van der Waals surface area contributed by atoms with Crippen molar-refractivity contribution >= 4 is 17.5 Å². The molecule has 0 radical (unpaired) electrons. The van der Waals surface area contributed by atoms with Gasteiger partial charge < -0.3 is 25.0 Å². The summed E-state index contributed by atoms with van der Waals surface area (Å²) in [5.74, 6) is 0.323. The molecule has 0 bridgehead atoms. The molecule has 1 heterocycles. The number of amides is 2. The van der Waals surface area contributed by atoms with E-state index in [2.05, 4.69) is 20.8 Å². The fourth-order valence-corrected chi connectivity index (χ4v) is 4.84. The number of hydrogen-bond donors (Lipinski definition) is 2. The third-order valence-corrected chi connectivity index (χ3v) is 7.02. The van der Waals surface area contributed by atoms with Gasteiger partial charge in [0.15, 0.2) is 0 Å². The maximum atomic E-state index is 13.7. The first kappa shape index (κ1) is 28.2. The molecule has 4 rings (SSSR count). The lowest BCUT2D eigenvalue weighted by Gasteiger charge is -2.30. The molecule has 2 N–H and O–H groups in total. The van der Waals surface area contributed by atoms with Gasteiger partial charge in [-0.05, 0) is 54.7 Å². The third kappa shape index (κ3) is 7.20. The standard InChI is InChI=1S/C29H37FN6O3/c1-18(2)31-10-11-32-27(37)16-36(26-15-22(7-6-19(26)3)29-33-20(4)39-34-29)17-28(38)35(5)25-13-21-8-9-24(30)12-23(21)14-25/h6-9,12,15,18,25,31H,10-11,13-14,16-17H2,1-5H3,(H,32,37). The Morgan fingerprint density at radius 2 is 1.85 bits per heavy atom. The zero-order valence-corrected chi connectivity index (χ0v) is 23.3. The lowest BCUT2D eigenvalue weighted by atomic mass is 10.1. The van der Waals surface area contributed by atoms with Crippen LogP contribution in [-0.2, 0) is 22.4 Å². The van der Waals surface area contributed by atoms with Gasteiger partial charge in [-0.3, -0.25) is 9.59 Å². The molecule has 3 aromatic rings. The molecular formula is C29H37FN6O3. The van der Waals surface area contributed by atoms with Crippen LogP contribution in [0, 0.1) is 19.7 Å². The second kappa shape index (κ2) is 12.4. The topological polar surface area (TPSA) is 104 Å². The quantitative estimate of drug-likeness (QED) is 0.363. The van der Waals surface area contributed by atoms with Gasteiger partial charge in [-0.25, -0.2) is 4.39 Å². The van der Waals surface area contributed by atoms with Crippen LogP contribution < -0.4 is 15.5 Å². The van der Waals surface area contributed by atoms with Gasteiger partial charge in [0, 0.05) is 50.4 Å². The van der Waals surface area contributed by atoms with Gasteiger partial charge in [-0.2, -0.15) is 4.98 Å². The summed E-state index contributed by atoms with van der Waals surface area (Å²) in [6, 6.07) is 10.8. The number of halogens is 1. The number of nitrogens with one attached hydrogen (secondary N) is 2. The van der Waals surface area contributed by atoms with Crippen LogP contribution >= 0.6 is 0 Å². The molecule has 0 saturated heterocycles. The number of carbonyl (C=O) groups is 2. The summed E-state index contributed by atoms with van der Waals surface area (Å²) in [5, 5.41) is 10.2. The summed E-state index contributed by atoms with van der Waals surface area (Å²) in [5.41, 5.74) is 4.38. The van der Waals surface area contributed by atoms with E-state index in [4.69, 9.17) is 4.52 Å². The molecule has 1 aliphatic rings. The first-order valence-electron chi connectivity index (χ1n) is 13.3. The van der Waals surface area contributed by atoms with E-state index in [0.29, 0.717) is 43.7 Å². The van der Waals surface area contributed by atoms with E-state index < -0.39 is 0 Å². The molecule has 208 valence electrons. The van der Waals surface area contributed by atoms with E-state index in [-0.39, 0.29) is 36.8 Å². The van der Waals surface area contributed by atoms with Crippen LogP contribution in [0.4, 0.5) is 10.1 Å². The number of hydrogen-bond acceptors (Lipinski definition) is 7. The van der Waals surface area contributed by atoms with Crippen molar-refractivity contribution in [1.29, 1.82) is 0 Å². The molecule has 2 amide bonds. The Labute approximate surface area is 228 Å². The van der Waals surface area contributed by atoms with E-state index in [9.17, 15) is 14.0 Å². The molecule has 1 unspecified atom stereocenters. The maximum absolute atomic E-state index is 13.7. The Balaban J connectivity index is 1.52. The number of fused-ring (bicyclic) bond motifs is 1. The predicted octanol–water partition coefficient (Wildman–Crippen LogP) is 3.04. The molecule has 0 fully saturated rings. The fourth-order valence-electron chi connectivity index (χ4n) is 4.84. The van der Waals surface area contributed by atoms with Crippen molar-refractivity contribution in [2.24, 2.45) is 0 Å². The molecule has 2 aromatic carbocycles. The molecular weight excluding hydrogens is 499 g/mol. The minimum atomic E-state index is -0.267. The molecule has 10 heteroatoms. The number of aromatic nitrogens is 2. The van der Waals surface area contributed by atoms with E-state index >= 15 is 0 Å². The summed E-state index contributed by atoms with van der Waals surface area (Å²) in [6.07, 6.45) is 1.28. The Hall–Kier alpha value is -3.79. The average molecular weight is 537 g/mol. The van der Waals surface area contributed by atoms with Gasteiger partial charge in [0.25, 0.3) is 0 Å². The smallest absolute Gasteiger partial charge is 0.242 e. The molecule has 0 spiro atoms. The lowest BCUT2D eigenvalue weighted by Crippen LogP contribution is -2.47. The molecule has 1 atom stereocenters. The van der Waals surface area contributed by atoms with Gasteiger partial charge in [0.05, 0.1) is 13.1 Å². The fraction of sp³-hybridized carbons (Fsp3) is 0.448. The number of aryl methyl sites for hydroxylation is 2. The number of likely N-dealkylation sites (N-methyl/N-ethyl adjacent to an activating group) is 1. The van der Waals surface area contributed by atoms with E-state index in [1.54, 1.807) is 35.9 Å². The predicted molar refractivity (Wildman–Crippen MR) is 148 cm³/mol. The maximum Gasteiger partial charge on any atom is 0.242 e. The van der Waals surface area contributed by atoms with Crippen molar-refractivity contribution in [2.75, 3.05) is 38.1 Å². The minimum Gasteiger partial charge on any atom is -0.353 e. The highest BCUT2D eigenvalue weighted by atomic mass is 19.1. The van der Waals surface area contributed by atoms with Gasteiger partial charge in [-0.15, -0.1) is 0 Å². The molecule has 39 heavy (non-hydrogen) atoms. The Kier molecular flexibility index (Phi) is 8.96. The first-order chi connectivity index (χ1) is 18.6. The Bertz CT molecular complexity index is 1320. The van der Waals surface area contributed by atoms with Gasteiger partial charge in [0.1, 0.15) is 5.82 Å². The van der Waals surface area contributed by atoms with Crippen molar-refractivity contribution in [2.45, 2.75) is 52.6 Å². The van der Waals surface area contributed by atoms with Crippen molar-refractivity contribution < 1.29 is 18.5 Å². The SMILES string of the molecule is Cc1nc(-c2ccc(C)c(N(CC(=O)NCCNC(C)C)CC(=O)N(C)C3Cc4ccc(F)cc4C3)c2)no1. The molecule has 0 saturated carbocycles. The van der Waals surface area contributed by atoms with Crippen LogP contribution in [0.15, 0.2) is 40.9 Å². The van der Waals surface area contributed by atoms with Crippen LogP contribution in [0.2, 0.25) is 0 Å². The van der Waals surface area contributed by atoms with Crippen molar-refractivity contribution in [3.8, 4) is 11.4 Å². The number of anilines is 1. The molecule has 0 aliphatic heterocycles. The average Bonchev–Trinajstić information content (AvgIpc) is 3.51. The zero-order valence-electron chi connectivity index (χ0n) is 23.3. The van der Waals surface area contributed by atoms with Crippen LogP contribution in [0.25, 0.3) is 11.4 Å². The molecule has 9 nitrogen and oxygen atoms in total. The Morgan fingerprint density at radius 1 is 1.08 bits per heavy atom. The van der Waals surface area contributed by atoms with Crippen molar-refractivity contribution in [1.82, 2.24) is 25.7 Å². The van der Waals surface area contributed by atoms with Gasteiger partial charge >= 0.3 is 0 Å². The van der Waals surface area contributed by atoms with Crippen LogP contribution in [0.5, 0.6) is 0 Å². The summed E-state index contributed by atoms with van der Waals surface area (Å²) in [7, 11) is 1.77. The van der Waals surface area contributed by atoms with Crippen LogP contribution in [0.1, 0.15) is 36.4 Å². The van der Waals surface area contributed by atoms with E-state index in [1.165, 1.54) is 6.07 Å². The number of benzene rings is 2. The summed E-state index contributed by atoms with van der Waals surface area (Å²) >= 11 is 0. The zero-order chi connectivity index (χ0) is 28.1.